The zero-order valence-electron chi connectivity index (χ0n) is 21.5. The number of rotatable bonds is 5. The number of hydrogen-bond acceptors (Lipinski definition) is 6. The zero-order valence-corrected chi connectivity index (χ0v) is 23.0. The largest absolute Gasteiger partial charge is 0.337 e. The molecule has 0 saturated carbocycles. The van der Waals surface area contributed by atoms with Gasteiger partial charge >= 0.3 is 0 Å². The van der Waals surface area contributed by atoms with Gasteiger partial charge in [-0.3, -0.25) is 19.4 Å². The molecule has 3 saturated heterocycles. The van der Waals surface area contributed by atoms with Crippen LogP contribution in [-0.2, 0) is 4.79 Å². The highest BCUT2D eigenvalue weighted by molar-refractivity contribution is 7.20. The van der Waals surface area contributed by atoms with Crippen LogP contribution < -0.4 is 5.32 Å². The van der Waals surface area contributed by atoms with Crippen molar-refractivity contribution in [3.05, 3.63) is 34.2 Å². The maximum Gasteiger partial charge on any atom is 0.263 e. The molecule has 2 aromatic rings. The zero-order chi connectivity index (χ0) is 25.3. The van der Waals surface area contributed by atoms with E-state index >= 15 is 0 Å². The first-order valence-electron chi connectivity index (χ1n) is 13.3. The number of nitrogens with one attached hydrogen (secondary N) is 1. The summed E-state index contributed by atoms with van der Waals surface area (Å²) in [7, 11) is 2.19. The molecule has 0 bridgehead atoms. The Morgan fingerprint density at radius 3 is 2.36 bits per heavy atom. The van der Waals surface area contributed by atoms with E-state index in [1.807, 2.05) is 36.1 Å². The van der Waals surface area contributed by atoms with Crippen molar-refractivity contribution in [2.24, 2.45) is 0 Å². The maximum atomic E-state index is 14.1. The number of hydrogen-bond donors (Lipinski definition) is 1. The lowest BCUT2D eigenvalue weighted by Gasteiger charge is -2.47. The van der Waals surface area contributed by atoms with Crippen LogP contribution in [0.1, 0.15) is 48.7 Å². The fraction of sp³-hybridized carbons (Fsp3) is 0.630. The predicted molar refractivity (Wildman–Crippen MR) is 147 cm³/mol. The number of halogens is 1. The second-order valence-corrected chi connectivity index (χ2v) is 12.2. The molecule has 7 nitrogen and oxygen atoms in total. The van der Waals surface area contributed by atoms with E-state index in [-0.39, 0.29) is 11.8 Å². The predicted octanol–water partition coefficient (Wildman–Crippen LogP) is 3.73. The topological polar surface area (TPSA) is 59.1 Å². The van der Waals surface area contributed by atoms with Gasteiger partial charge in [0.1, 0.15) is 0 Å². The van der Waals surface area contributed by atoms with E-state index in [0.717, 1.165) is 62.2 Å². The van der Waals surface area contributed by atoms with Gasteiger partial charge in [0.15, 0.2) is 5.66 Å². The van der Waals surface area contributed by atoms with Crippen LogP contribution in [0, 0.1) is 0 Å². The first kappa shape index (κ1) is 25.9. The van der Waals surface area contributed by atoms with Crippen molar-refractivity contribution < 1.29 is 9.59 Å². The third-order valence-corrected chi connectivity index (χ3v) is 9.61. The van der Waals surface area contributed by atoms with Crippen molar-refractivity contribution in [3.63, 3.8) is 0 Å². The van der Waals surface area contributed by atoms with Crippen molar-refractivity contribution in [3.8, 4) is 0 Å². The van der Waals surface area contributed by atoms with E-state index in [1.165, 1.54) is 30.6 Å². The van der Waals surface area contributed by atoms with Crippen LogP contribution in [0.3, 0.4) is 0 Å². The van der Waals surface area contributed by atoms with Gasteiger partial charge in [-0.2, -0.15) is 0 Å². The van der Waals surface area contributed by atoms with Gasteiger partial charge in [0, 0.05) is 55.0 Å². The summed E-state index contributed by atoms with van der Waals surface area (Å²) in [6, 6.07) is 8.17. The Labute approximate surface area is 223 Å². The number of fused-ring (bicyclic) bond motifs is 1. The van der Waals surface area contributed by atoms with Crippen LogP contribution in [0.5, 0.6) is 0 Å². The summed E-state index contributed by atoms with van der Waals surface area (Å²) < 4.78 is 0.976. The van der Waals surface area contributed by atoms with E-state index in [4.69, 9.17) is 11.6 Å². The van der Waals surface area contributed by atoms with E-state index in [0.29, 0.717) is 29.0 Å². The number of piperidine rings is 2. The second-order valence-electron chi connectivity index (χ2n) is 10.7. The molecule has 1 aromatic heterocycles. The summed E-state index contributed by atoms with van der Waals surface area (Å²) in [5.41, 5.74) is -1.05. The van der Waals surface area contributed by atoms with Gasteiger partial charge in [-0.1, -0.05) is 24.1 Å². The molecule has 3 aliphatic heterocycles. The van der Waals surface area contributed by atoms with E-state index in [2.05, 4.69) is 27.1 Å². The lowest BCUT2D eigenvalue weighted by Crippen LogP contribution is -2.69. The summed E-state index contributed by atoms with van der Waals surface area (Å²) in [4.78, 5) is 37.3. The van der Waals surface area contributed by atoms with Crippen LogP contribution in [-0.4, -0.2) is 103 Å². The molecule has 0 radical (unpaired) electrons. The number of carbonyl (C=O) groups excluding carboxylic acids is 2. The minimum Gasteiger partial charge on any atom is -0.337 e. The average Bonchev–Trinajstić information content (AvgIpc) is 3.33. The fourth-order valence-electron chi connectivity index (χ4n) is 5.97. The number of amides is 2. The van der Waals surface area contributed by atoms with Gasteiger partial charge in [-0.25, -0.2) is 0 Å². The minimum atomic E-state index is -1.05. The standard InChI is InChI=1S/C27H38ClN5O2S/c1-27(33-10-4-3-5-11-33,29-25(34)24-18-20-6-7-21(28)19-23(20)36-24)26(35)32-16-14-31(15-17-32)22-8-12-30(2)13-9-22/h6-7,18-19,22H,3-5,8-17H2,1-2H3,(H,29,34)/t27-/m0/s1. The Morgan fingerprint density at radius 1 is 0.972 bits per heavy atom. The Kier molecular flexibility index (Phi) is 7.89. The minimum absolute atomic E-state index is 0.0185. The molecule has 4 heterocycles. The normalized spacial score (nSPS) is 23.0. The SMILES string of the molecule is CN1CCC(N2CCN(C(=O)[C@@](C)(NC(=O)c3cc4ccc(Cl)cc4s3)N3CCCCC3)CC2)CC1. The lowest BCUT2D eigenvalue weighted by atomic mass is 10.0. The van der Waals surface area contributed by atoms with Crippen molar-refractivity contribution in [1.29, 1.82) is 0 Å². The molecule has 1 aromatic carbocycles. The third kappa shape index (κ3) is 5.43. The molecular weight excluding hydrogens is 494 g/mol. The molecular formula is C27H38ClN5O2S. The number of benzene rings is 1. The maximum absolute atomic E-state index is 14.1. The molecule has 1 atom stereocenters. The molecule has 0 unspecified atom stereocenters. The molecule has 3 fully saturated rings. The van der Waals surface area contributed by atoms with Crippen LogP contribution in [0.15, 0.2) is 24.3 Å². The fourth-order valence-corrected chi connectivity index (χ4v) is 7.20. The van der Waals surface area contributed by atoms with Gasteiger partial charge in [0.2, 0.25) is 0 Å². The molecule has 0 aliphatic carbocycles. The molecule has 9 heteroatoms. The highest BCUT2D eigenvalue weighted by atomic mass is 35.5. The summed E-state index contributed by atoms with van der Waals surface area (Å²) in [6.45, 7) is 9.08. The summed E-state index contributed by atoms with van der Waals surface area (Å²) in [5, 5.41) is 4.83. The van der Waals surface area contributed by atoms with E-state index in [9.17, 15) is 9.59 Å². The monoisotopic (exact) mass is 531 g/mol. The Morgan fingerprint density at radius 2 is 1.67 bits per heavy atom. The van der Waals surface area contributed by atoms with Crippen LogP contribution >= 0.6 is 22.9 Å². The van der Waals surface area contributed by atoms with E-state index in [1.54, 1.807) is 0 Å². The number of carbonyl (C=O) groups is 2. The van der Waals surface area contributed by atoms with Gasteiger partial charge in [0.25, 0.3) is 11.8 Å². The number of thiophene rings is 1. The van der Waals surface area contributed by atoms with Crippen LogP contribution in [0.25, 0.3) is 10.1 Å². The van der Waals surface area contributed by atoms with Crippen molar-refractivity contribution in [1.82, 2.24) is 24.9 Å². The Bertz CT molecular complexity index is 1090. The van der Waals surface area contributed by atoms with Gasteiger partial charge in [-0.15, -0.1) is 11.3 Å². The smallest absolute Gasteiger partial charge is 0.263 e. The van der Waals surface area contributed by atoms with Crippen LogP contribution in [0.4, 0.5) is 0 Å². The molecule has 3 aliphatic rings. The Balaban J connectivity index is 1.30. The van der Waals surface area contributed by atoms with Gasteiger partial charge in [0.05, 0.1) is 4.88 Å². The number of nitrogens with zero attached hydrogens (tertiary/aromatic N) is 4. The molecule has 2 amide bonds. The van der Waals surface area contributed by atoms with Crippen molar-refractivity contribution in [2.75, 3.05) is 59.4 Å². The van der Waals surface area contributed by atoms with Gasteiger partial charge in [-0.05, 0) is 76.3 Å². The second kappa shape index (κ2) is 11.0. The molecule has 196 valence electrons. The van der Waals surface area contributed by atoms with Crippen molar-refractivity contribution in [2.45, 2.75) is 50.7 Å². The van der Waals surface area contributed by atoms with Crippen LogP contribution in [0.2, 0.25) is 5.02 Å². The first-order valence-corrected chi connectivity index (χ1v) is 14.5. The average molecular weight is 532 g/mol. The summed E-state index contributed by atoms with van der Waals surface area (Å²) >= 11 is 7.57. The molecule has 5 rings (SSSR count). The molecule has 0 spiro atoms. The molecule has 36 heavy (non-hydrogen) atoms. The lowest BCUT2D eigenvalue weighted by molar-refractivity contribution is -0.148. The van der Waals surface area contributed by atoms with Crippen molar-refractivity contribution >= 4 is 44.8 Å². The Hall–Kier alpha value is -1.71. The first-order chi connectivity index (χ1) is 17.3. The highest BCUT2D eigenvalue weighted by Gasteiger charge is 2.45. The highest BCUT2D eigenvalue weighted by Crippen LogP contribution is 2.30. The number of likely N-dealkylation sites (tertiary alicyclic amines) is 2. The van der Waals surface area contributed by atoms with Gasteiger partial charge < -0.3 is 15.1 Å². The van der Waals surface area contributed by atoms with E-state index < -0.39 is 5.66 Å². The quantitative estimate of drug-likeness (QED) is 0.637. The summed E-state index contributed by atoms with van der Waals surface area (Å²) in [6.07, 6.45) is 5.66. The molecule has 1 N–H and O–H groups in total. The summed E-state index contributed by atoms with van der Waals surface area (Å²) in [5.74, 6) is -0.177. The third-order valence-electron chi connectivity index (χ3n) is 8.27. The number of piperazine rings is 1.